The highest BCUT2D eigenvalue weighted by molar-refractivity contribution is 5.68. The second kappa shape index (κ2) is 5.56. The number of carboxylic acid groups (broad SMARTS) is 1. The van der Waals surface area contributed by atoms with Crippen LogP contribution in [-0.2, 0) is 16.1 Å². The van der Waals surface area contributed by atoms with Gasteiger partial charge in [-0.2, -0.15) is 0 Å². The van der Waals surface area contributed by atoms with Crippen molar-refractivity contribution >= 4 is 11.7 Å². The number of nitro groups is 1. The monoisotopic (exact) mass is 280 g/mol. The van der Waals surface area contributed by atoms with E-state index in [2.05, 4.69) is 4.90 Å². The van der Waals surface area contributed by atoms with E-state index in [4.69, 9.17) is 9.84 Å². The van der Waals surface area contributed by atoms with Crippen LogP contribution < -0.4 is 0 Å². The van der Waals surface area contributed by atoms with Gasteiger partial charge in [-0.1, -0.05) is 12.1 Å². The fourth-order valence-corrected chi connectivity index (χ4v) is 2.37. The predicted molar refractivity (Wildman–Crippen MR) is 70.4 cm³/mol. The van der Waals surface area contributed by atoms with Crippen LogP contribution in [0.2, 0.25) is 0 Å². The third-order valence-corrected chi connectivity index (χ3v) is 3.19. The number of nitrogens with zero attached hydrogens (tertiary/aromatic N) is 2. The number of benzene rings is 1. The first-order valence-electron chi connectivity index (χ1n) is 6.19. The van der Waals surface area contributed by atoms with Gasteiger partial charge in [-0.15, -0.1) is 0 Å². The molecule has 0 radical (unpaired) electrons. The molecule has 0 saturated carbocycles. The van der Waals surface area contributed by atoms with Gasteiger partial charge in [0.15, 0.2) is 0 Å². The molecule has 1 saturated heterocycles. The smallest absolute Gasteiger partial charge is 0.329 e. The van der Waals surface area contributed by atoms with Crippen LogP contribution in [-0.4, -0.2) is 46.2 Å². The first kappa shape index (κ1) is 14.4. The van der Waals surface area contributed by atoms with E-state index in [9.17, 15) is 14.9 Å². The molecule has 1 N–H and O–H groups in total. The molecule has 1 heterocycles. The highest BCUT2D eigenvalue weighted by Crippen LogP contribution is 2.27. The number of non-ortho nitro benzene ring substituents is 1. The molecule has 1 aromatic carbocycles. The lowest BCUT2D eigenvalue weighted by Crippen LogP contribution is -2.61. The number of nitro benzene ring substituents is 1. The first-order valence-corrected chi connectivity index (χ1v) is 6.19. The second-order valence-corrected chi connectivity index (χ2v) is 5.20. The standard InChI is InChI=1S/C13H16N2O5/c1-13(20-7-12(16)17)8-14(9-13)6-10-3-2-4-11(5-10)15(18)19/h2-5H,6-9H2,1H3,(H,16,17). The van der Waals surface area contributed by atoms with Gasteiger partial charge in [0.1, 0.15) is 6.61 Å². The molecular weight excluding hydrogens is 264 g/mol. The molecule has 1 aromatic rings. The number of hydrogen-bond donors (Lipinski definition) is 1. The summed E-state index contributed by atoms with van der Waals surface area (Å²) in [5.41, 5.74) is 0.492. The number of carbonyl (C=O) groups is 1. The zero-order chi connectivity index (χ0) is 14.8. The van der Waals surface area contributed by atoms with Crippen molar-refractivity contribution in [2.24, 2.45) is 0 Å². The maximum Gasteiger partial charge on any atom is 0.329 e. The van der Waals surface area contributed by atoms with Gasteiger partial charge in [0.2, 0.25) is 0 Å². The molecule has 2 rings (SSSR count). The van der Waals surface area contributed by atoms with Crippen LogP contribution in [0.5, 0.6) is 0 Å². The minimum absolute atomic E-state index is 0.0768. The fraction of sp³-hybridized carbons (Fsp3) is 0.462. The van der Waals surface area contributed by atoms with E-state index in [0.717, 1.165) is 5.56 Å². The molecule has 0 bridgehead atoms. The third kappa shape index (κ3) is 3.52. The minimum Gasteiger partial charge on any atom is -0.480 e. The average Bonchev–Trinajstić information content (AvgIpc) is 2.35. The van der Waals surface area contributed by atoms with Gasteiger partial charge >= 0.3 is 5.97 Å². The Kier molecular flexibility index (Phi) is 4.01. The summed E-state index contributed by atoms with van der Waals surface area (Å²) in [5.74, 6) is -0.983. The van der Waals surface area contributed by atoms with E-state index in [-0.39, 0.29) is 12.3 Å². The van der Waals surface area contributed by atoms with Crippen LogP contribution in [0, 0.1) is 10.1 Å². The van der Waals surface area contributed by atoms with Crippen molar-refractivity contribution in [3.05, 3.63) is 39.9 Å². The lowest BCUT2D eigenvalue weighted by atomic mass is 9.95. The molecule has 1 fully saturated rings. The van der Waals surface area contributed by atoms with Crippen molar-refractivity contribution in [2.45, 2.75) is 19.1 Å². The van der Waals surface area contributed by atoms with Crippen molar-refractivity contribution in [1.82, 2.24) is 4.90 Å². The third-order valence-electron chi connectivity index (χ3n) is 3.19. The molecule has 0 aliphatic carbocycles. The Hall–Kier alpha value is -1.99. The van der Waals surface area contributed by atoms with Crippen molar-refractivity contribution in [3.8, 4) is 0 Å². The van der Waals surface area contributed by atoms with Gasteiger partial charge in [0, 0.05) is 31.8 Å². The Morgan fingerprint density at radius 1 is 1.55 bits per heavy atom. The normalized spacial score (nSPS) is 17.4. The van der Waals surface area contributed by atoms with Gasteiger partial charge in [0.25, 0.3) is 5.69 Å². The van der Waals surface area contributed by atoms with Gasteiger partial charge in [-0.05, 0) is 12.5 Å². The van der Waals surface area contributed by atoms with E-state index in [1.54, 1.807) is 12.1 Å². The number of aliphatic carboxylic acids is 1. The number of rotatable bonds is 6. The summed E-state index contributed by atoms with van der Waals surface area (Å²) in [6, 6.07) is 6.50. The molecule has 0 amide bonds. The van der Waals surface area contributed by atoms with Crippen LogP contribution in [0.1, 0.15) is 12.5 Å². The van der Waals surface area contributed by atoms with Crippen molar-refractivity contribution < 1.29 is 19.6 Å². The Morgan fingerprint density at radius 3 is 2.85 bits per heavy atom. The fourth-order valence-electron chi connectivity index (χ4n) is 2.37. The lowest BCUT2D eigenvalue weighted by molar-refractivity contribution is -0.384. The predicted octanol–water partition coefficient (Wildman–Crippen LogP) is 1.27. The minimum atomic E-state index is -0.983. The van der Waals surface area contributed by atoms with Crippen LogP contribution in [0.25, 0.3) is 0 Å². The Balaban J connectivity index is 1.86. The van der Waals surface area contributed by atoms with Crippen LogP contribution in [0.3, 0.4) is 0 Å². The van der Waals surface area contributed by atoms with Crippen LogP contribution >= 0.6 is 0 Å². The highest BCUT2D eigenvalue weighted by atomic mass is 16.6. The number of ether oxygens (including phenoxy) is 1. The average molecular weight is 280 g/mol. The molecule has 108 valence electrons. The summed E-state index contributed by atoms with van der Waals surface area (Å²) in [6.07, 6.45) is 0. The first-order chi connectivity index (χ1) is 9.38. The number of hydrogen-bond acceptors (Lipinski definition) is 5. The number of likely N-dealkylation sites (tertiary alicyclic amines) is 1. The molecule has 7 heteroatoms. The zero-order valence-corrected chi connectivity index (χ0v) is 11.1. The van der Waals surface area contributed by atoms with E-state index in [1.807, 2.05) is 13.0 Å². The van der Waals surface area contributed by atoms with Gasteiger partial charge < -0.3 is 9.84 Å². The van der Waals surface area contributed by atoms with E-state index < -0.39 is 16.5 Å². The summed E-state index contributed by atoms with van der Waals surface area (Å²) < 4.78 is 5.31. The summed E-state index contributed by atoms with van der Waals surface area (Å²) in [6.45, 7) is 3.38. The topological polar surface area (TPSA) is 92.9 Å². The van der Waals surface area contributed by atoms with Crippen LogP contribution in [0.4, 0.5) is 5.69 Å². The molecule has 0 atom stereocenters. The maximum atomic E-state index is 10.7. The lowest BCUT2D eigenvalue weighted by Gasteiger charge is -2.47. The largest absolute Gasteiger partial charge is 0.480 e. The van der Waals surface area contributed by atoms with E-state index in [0.29, 0.717) is 19.6 Å². The molecule has 7 nitrogen and oxygen atoms in total. The Bertz CT molecular complexity index is 525. The van der Waals surface area contributed by atoms with E-state index >= 15 is 0 Å². The quantitative estimate of drug-likeness (QED) is 0.623. The zero-order valence-electron chi connectivity index (χ0n) is 11.1. The van der Waals surface area contributed by atoms with Crippen molar-refractivity contribution in [2.75, 3.05) is 19.7 Å². The molecule has 0 unspecified atom stereocenters. The SMILES string of the molecule is CC1(OCC(=O)O)CN(Cc2cccc([N+](=O)[O-])c2)C1. The molecule has 0 aromatic heterocycles. The van der Waals surface area contributed by atoms with Gasteiger partial charge in [-0.3, -0.25) is 15.0 Å². The maximum absolute atomic E-state index is 10.7. The summed E-state index contributed by atoms with van der Waals surface area (Å²) >= 11 is 0. The molecule has 20 heavy (non-hydrogen) atoms. The molecule has 1 aliphatic rings. The van der Waals surface area contributed by atoms with Crippen LogP contribution in [0.15, 0.2) is 24.3 Å². The summed E-state index contributed by atoms with van der Waals surface area (Å²) in [4.78, 5) is 22.8. The Labute approximate surface area is 115 Å². The Morgan fingerprint density at radius 2 is 2.25 bits per heavy atom. The van der Waals surface area contributed by atoms with E-state index in [1.165, 1.54) is 6.07 Å². The summed E-state index contributed by atoms with van der Waals surface area (Å²) in [7, 11) is 0. The van der Waals surface area contributed by atoms with Crippen molar-refractivity contribution in [3.63, 3.8) is 0 Å². The second-order valence-electron chi connectivity index (χ2n) is 5.20. The summed E-state index contributed by atoms with van der Waals surface area (Å²) in [5, 5.41) is 19.3. The number of carboxylic acids is 1. The molecule has 1 aliphatic heterocycles. The van der Waals surface area contributed by atoms with Crippen molar-refractivity contribution in [1.29, 1.82) is 0 Å². The van der Waals surface area contributed by atoms with Gasteiger partial charge in [0.05, 0.1) is 10.5 Å². The molecular formula is C13H16N2O5. The molecule has 0 spiro atoms. The van der Waals surface area contributed by atoms with Gasteiger partial charge in [-0.25, -0.2) is 4.79 Å². The highest BCUT2D eigenvalue weighted by Gasteiger charge is 2.40.